The average Bonchev–Trinajstić information content (AvgIpc) is 2.47. The topological polar surface area (TPSA) is 69.7 Å². The van der Waals surface area contributed by atoms with Crippen LogP contribution in [0.25, 0.3) is 0 Å². The summed E-state index contributed by atoms with van der Waals surface area (Å²) in [7, 11) is -3.57. The molecule has 0 fully saturated rings. The molecule has 0 radical (unpaired) electrons. The van der Waals surface area contributed by atoms with Crippen molar-refractivity contribution in [3.05, 3.63) is 12.2 Å². The van der Waals surface area contributed by atoms with E-state index in [0.29, 0.717) is 6.42 Å². The SMILES string of the molecule is CCCCCCCCCCCC1OC(=O)C=CC1OS(C)(=O)=O. The van der Waals surface area contributed by atoms with Crippen LogP contribution in [0.4, 0.5) is 0 Å². The van der Waals surface area contributed by atoms with Crippen LogP contribution in [0.1, 0.15) is 71.1 Å². The molecule has 0 bridgehead atoms. The molecule has 134 valence electrons. The lowest BCUT2D eigenvalue weighted by molar-refractivity contribution is -0.148. The number of cyclic esters (lactones) is 1. The van der Waals surface area contributed by atoms with Crippen LogP contribution >= 0.6 is 0 Å². The number of esters is 1. The molecule has 23 heavy (non-hydrogen) atoms. The number of unbranched alkanes of at least 4 members (excludes halogenated alkanes) is 8. The summed E-state index contributed by atoms with van der Waals surface area (Å²) < 4.78 is 32.7. The third-order valence-electron chi connectivity index (χ3n) is 3.93. The van der Waals surface area contributed by atoms with Gasteiger partial charge in [0.25, 0.3) is 10.1 Å². The van der Waals surface area contributed by atoms with Crippen molar-refractivity contribution in [1.82, 2.24) is 0 Å². The molecule has 1 aliphatic heterocycles. The maximum absolute atomic E-state index is 11.3. The number of carbonyl (C=O) groups is 1. The zero-order valence-electron chi connectivity index (χ0n) is 14.3. The van der Waals surface area contributed by atoms with E-state index in [2.05, 4.69) is 6.92 Å². The van der Waals surface area contributed by atoms with Crippen molar-refractivity contribution < 1.29 is 22.1 Å². The quantitative estimate of drug-likeness (QED) is 0.306. The van der Waals surface area contributed by atoms with Gasteiger partial charge < -0.3 is 4.74 Å². The van der Waals surface area contributed by atoms with Crippen LogP contribution in [-0.2, 0) is 23.8 Å². The molecule has 6 heteroatoms. The molecule has 1 aliphatic rings. The van der Waals surface area contributed by atoms with Crippen molar-refractivity contribution in [3.63, 3.8) is 0 Å². The highest BCUT2D eigenvalue weighted by Gasteiger charge is 2.29. The number of ether oxygens (including phenoxy) is 1. The Morgan fingerprint density at radius 2 is 1.61 bits per heavy atom. The molecule has 0 N–H and O–H groups in total. The van der Waals surface area contributed by atoms with Gasteiger partial charge in [0.15, 0.2) is 0 Å². The highest BCUT2D eigenvalue weighted by atomic mass is 32.2. The third-order valence-corrected chi connectivity index (χ3v) is 4.51. The Hall–Kier alpha value is -0.880. The summed E-state index contributed by atoms with van der Waals surface area (Å²) in [4.78, 5) is 11.3. The van der Waals surface area contributed by atoms with Gasteiger partial charge in [-0.1, -0.05) is 58.3 Å². The van der Waals surface area contributed by atoms with Gasteiger partial charge in [0.2, 0.25) is 0 Å². The van der Waals surface area contributed by atoms with Crippen LogP contribution in [0.3, 0.4) is 0 Å². The van der Waals surface area contributed by atoms with Gasteiger partial charge in [-0.15, -0.1) is 0 Å². The second-order valence-corrected chi connectivity index (χ2v) is 7.82. The van der Waals surface area contributed by atoms with Gasteiger partial charge in [-0.3, -0.25) is 4.18 Å². The molecular formula is C17H30O5S. The van der Waals surface area contributed by atoms with Gasteiger partial charge in [0.05, 0.1) is 6.26 Å². The fraction of sp³-hybridized carbons (Fsp3) is 0.824. The predicted octanol–water partition coefficient (Wildman–Crippen LogP) is 3.73. The Labute approximate surface area is 140 Å². The Bertz CT molecular complexity index is 469. The van der Waals surface area contributed by atoms with E-state index in [4.69, 9.17) is 8.92 Å². The van der Waals surface area contributed by atoms with Crippen LogP contribution in [0.15, 0.2) is 12.2 Å². The Kier molecular flexibility index (Phi) is 9.48. The zero-order valence-corrected chi connectivity index (χ0v) is 15.1. The smallest absolute Gasteiger partial charge is 0.330 e. The van der Waals surface area contributed by atoms with E-state index >= 15 is 0 Å². The normalized spacial score (nSPS) is 21.4. The van der Waals surface area contributed by atoms with Gasteiger partial charge in [-0.05, 0) is 18.9 Å². The second-order valence-electron chi connectivity index (χ2n) is 6.22. The van der Waals surface area contributed by atoms with E-state index in [9.17, 15) is 13.2 Å². The summed E-state index contributed by atoms with van der Waals surface area (Å²) in [5.74, 6) is -0.431. The summed E-state index contributed by atoms with van der Waals surface area (Å²) in [5.41, 5.74) is 0. The summed E-state index contributed by atoms with van der Waals surface area (Å²) in [5, 5.41) is 0. The molecule has 0 amide bonds. The summed E-state index contributed by atoms with van der Waals surface area (Å²) >= 11 is 0. The molecule has 5 nitrogen and oxygen atoms in total. The van der Waals surface area contributed by atoms with Crippen LogP contribution in [0.5, 0.6) is 0 Å². The summed E-state index contributed by atoms with van der Waals surface area (Å²) in [6, 6.07) is 0. The Morgan fingerprint density at radius 1 is 1.04 bits per heavy atom. The van der Waals surface area contributed by atoms with E-state index in [1.165, 1.54) is 57.1 Å². The molecule has 0 aliphatic carbocycles. The van der Waals surface area contributed by atoms with Crippen LogP contribution in [-0.4, -0.2) is 32.9 Å². The van der Waals surface area contributed by atoms with Crippen LogP contribution in [0, 0.1) is 0 Å². The number of rotatable bonds is 12. The lowest BCUT2D eigenvalue weighted by atomic mass is 10.0. The molecule has 0 spiro atoms. The highest BCUT2D eigenvalue weighted by Crippen LogP contribution is 2.20. The van der Waals surface area contributed by atoms with Crippen molar-refractivity contribution in [1.29, 1.82) is 0 Å². The fourth-order valence-electron chi connectivity index (χ4n) is 2.73. The minimum Gasteiger partial charge on any atom is -0.456 e. The average molecular weight is 346 g/mol. The van der Waals surface area contributed by atoms with E-state index < -0.39 is 28.3 Å². The van der Waals surface area contributed by atoms with Crippen molar-refractivity contribution in [2.45, 2.75) is 83.3 Å². The zero-order chi connectivity index (χ0) is 17.1. The first-order valence-electron chi connectivity index (χ1n) is 8.69. The first kappa shape index (κ1) is 20.2. The molecule has 1 rings (SSSR count). The molecule has 2 unspecified atom stereocenters. The molecule has 0 saturated heterocycles. The van der Waals surface area contributed by atoms with Gasteiger partial charge in [-0.25, -0.2) is 4.79 Å². The monoisotopic (exact) mass is 346 g/mol. The molecule has 2 atom stereocenters. The molecular weight excluding hydrogens is 316 g/mol. The first-order valence-corrected chi connectivity index (χ1v) is 10.5. The maximum Gasteiger partial charge on any atom is 0.330 e. The minimum atomic E-state index is -3.57. The molecule has 0 aromatic heterocycles. The number of hydrogen-bond acceptors (Lipinski definition) is 5. The third kappa shape index (κ3) is 9.76. The van der Waals surface area contributed by atoms with Gasteiger partial charge in [0, 0.05) is 6.08 Å². The molecule has 1 heterocycles. The number of carbonyl (C=O) groups excluding carboxylic acids is 1. The largest absolute Gasteiger partial charge is 0.456 e. The van der Waals surface area contributed by atoms with E-state index in [-0.39, 0.29) is 0 Å². The van der Waals surface area contributed by atoms with E-state index in [0.717, 1.165) is 19.1 Å². The van der Waals surface area contributed by atoms with Gasteiger partial charge in [-0.2, -0.15) is 8.42 Å². The molecule has 0 aromatic carbocycles. The van der Waals surface area contributed by atoms with Crippen LogP contribution < -0.4 is 0 Å². The van der Waals surface area contributed by atoms with Crippen LogP contribution in [0.2, 0.25) is 0 Å². The number of hydrogen-bond donors (Lipinski definition) is 0. The molecule has 0 saturated carbocycles. The predicted molar refractivity (Wildman–Crippen MR) is 90.6 cm³/mol. The standard InChI is InChI=1S/C17H30O5S/c1-3-4-5-6-7-8-9-10-11-12-15-16(22-23(2,19)20)13-14-17(18)21-15/h13-16H,3-12H2,1-2H3. The van der Waals surface area contributed by atoms with Crippen molar-refractivity contribution in [3.8, 4) is 0 Å². The first-order chi connectivity index (χ1) is 10.9. The van der Waals surface area contributed by atoms with Gasteiger partial charge in [0.1, 0.15) is 12.2 Å². The second kappa shape index (κ2) is 10.8. The highest BCUT2D eigenvalue weighted by molar-refractivity contribution is 7.86. The van der Waals surface area contributed by atoms with E-state index in [1.807, 2.05) is 0 Å². The maximum atomic E-state index is 11.3. The lowest BCUT2D eigenvalue weighted by Crippen LogP contribution is -2.36. The summed E-state index contributed by atoms with van der Waals surface area (Å²) in [6.45, 7) is 2.22. The Morgan fingerprint density at radius 3 is 2.17 bits per heavy atom. The Balaban J connectivity index is 2.21. The van der Waals surface area contributed by atoms with E-state index in [1.54, 1.807) is 0 Å². The minimum absolute atomic E-state index is 0.431. The van der Waals surface area contributed by atoms with Crippen molar-refractivity contribution in [2.75, 3.05) is 6.26 Å². The van der Waals surface area contributed by atoms with Crippen molar-refractivity contribution in [2.24, 2.45) is 0 Å². The fourth-order valence-corrected chi connectivity index (χ4v) is 3.32. The lowest BCUT2D eigenvalue weighted by Gasteiger charge is -2.26. The van der Waals surface area contributed by atoms with Gasteiger partial charge >= 0.3 is 5.97 Å². The molecule has 0 aromatic rings. The summed E-state index contributed by atoms with van der Waals surface area (Å²) in [6.07, 6.45) is 14.0. The van der Waals surface area contributed by atoms with Crippen molar-refractivity contribution >= 4 is 16.1 Å².